The number of rotatable bonds is 5. The lowest BCUT2D eigenvalue weighted by Gasteiger charge is -2.25. The van der Waals surface area contributed by atoms with Crippen LogP contribution in [-0.4, -0.2) is 27.1 Å². The average molecular weight is 353 g/mol. The summed E-state index contributed by atoms with van der Waals surface area (Å²) >= 11 is 1.53. The van der Waals surface area contributed by atoms with Crippen molar-refractivity contribution < 1.29 is 14.2 Å². The second kappa shape index (κ2) is 7.45. The number of para-hydroxylation sites is 1. The molecule has 2 aromatic carbocycles. The smallest absolute Gasteiger partial charge is 0.191 e. The van der Waals surface area contributed by atoms with Crippen molar-refractivity contribution in [2.45, 2.75) is 16.1 Å². The van der Waals surface area contributed by atoms with Gasteiger partial charge in [0.25, 0.3) is 0 Å². The highest BCUT2D eigenvalue weighted by Crippen LogP contribution is 2.49. The van der Waals surface area contributed by atoms with Crippen LogP contribution in [0.15, 0.2) is 40.1 Å². The van der Waals surface area contributed by atoms with E-state index in [-0.39, 0.29) is 17.7 Å². The van der Waals surface area contributed by atoms with Gasteiger partial charge in [0, 0.05) is 24.0 Å². The molecule has 0 aliphatic carbocycles. The molecule has 0 saturated carbocycles. The van der Waals surface area contributed by atoms with Gasteiger partial charge in [0.05, 0.1) is 16.9 Å². The maximum Gasteiger partial charge on any atom is 0.191 e. The van der Waals surface area contributed by atoms with E-state index in [0.29, 0.717) is 11.4 Å². The van der Waals surface area contributed by atoms with Crippen LogP contribution in [0.3, 0.4) is 0 Å². The van der Waals surface area contributed by atoms with E-state index in [1.54, 1.807) is 6.07 Å². The molecule has 126 valence electrons. The minimum atomic E-state index is -0.573. The van der Waals surface area contributed by atoms with Crippen LogP contribution in [0.2, 0.25) is 0 Å². The standard InChI is InChI=1S/C18H15N3O3S/c1-22-16(23-2)10-24-18-12(9-20)11(8-19)7-15-17(18)21-13-5-3-4-6-14(13)25-15/h3-7,16,21H,10H2,1-2H3. The topological polar surface area (TPSA) is 87.3 Å². The second-order valence-corrected chi connectivity index (χ2v) is 6.24. The third kappa shape index (κ3) is 3.26. The number of fused-ring (bicyclic) bond motifs is 2. The molecule has 1 heterocycles. The number of nitrogens with one attached hydrogen (secondary N) is 1. The van der Waals surface area contributed by atoms with Crippen molar-refractivity contribution in [3.63, 3.8) is 0 Å². The van der Waals surface area contributed by atoms with E-state index in [1.807, 2.05) is 24.3 Å². The van der Waals surface area contributed by atoms with Crippen LogP contribution in [0.25, 0.3) is 0 Å². The van der Waals surface area contributed by atoms with Crippen LogP contribution in [0, 0.1) is 22.7 Å². The first-order valence-corrected chi connectivity index (χ1v) is 8.27. The van der Waals surface area contributed by atoms with E-state index in [1.165, 1.54) is 26.0 Å². The van der Waals surface area contributed by atoms with Crippen molar-refractivity contribution >= 4 is 23.1 Å². The van der Waals surface area contributed by atoms with Crippen molar-refractivity contribution in [2.24, 2.45) is 0 Å². The van der Waals surface area contributed by atoms with Gasteiger partial charge in [-0.05, 0) is 18.2 Å². The molecule has 7 heteroatoms. The van der Waals surface area contributed by atoms with Gasteiger partial charge in [-0.3, -0.25) is 0 Å². The van der Waals surface area contributed by atoms with Crippen LogP contribution in [0.1, 0.15) is 11.1 Å². The molecule has 0 fully saturated rings. The SMILES string of the molecule is COC(COc1c(C#N)c(C#N)cc2c1Nc1ccccc1S2)OC. The Labute approximate surface area is 149 Å². The number of nitriles is 2. The molecule has 1 aliphatic rings. The van der Waals surface area contributed by atoms with Gasteiger partial charge in [0.2, 0.25) is 0 Å². The summed E-state index contributed by atoms with van der Waals surface area (Å²) < 4.78 is 16.1. The minimum absolute atomic E-state index is 0.0942. The van der Waals surface area contributed by atoms with E-state index in [4.69, 9.17) is 14.2 Å². The first-order valence-electron chi connectivity index (χ1n) is 7.45. The predicted octanol–water partition coefficient (Wildman–Crippen LogP) is 3.64. The molecule has 0 spiro atoms. The van der Waals surface area contributed by atoms with E-state index in [2.05, 4.69) is 17.5 Å². The molecule has 1 aliphatic heterocycles. The van der Waals surface area contributed by atoms with Crippen molar-refractivity contribution in [1.82, 2.24) is 0 Å². The molecule has 0 amide bonds. The lowest BCUT2D eigenvalue weighted by Crippen LogP contribution is -2.23. The summed E-state index contributed by atoms with van der Waals surface area (Å²) in [5, 5.41) is 22.2. The summed E-state index contributed by atoms with van der Waals surface area (Å²) in [5.41, 5.74) is 2.06. The van der Waals surface area contributed by atoms with Gasteiger partial charge in [0.1, 0.15) is 24.3 Å². The molecule has 0 radical (unpaired) electrons. The summed E-state index contributed by atoms with van der Waals surface area (Å²) in [4.78, 5) is 1.87. The Morgan fingerprint density at radius 2 is 1.88 bits per heavy atom. The summed E-state index contributed by atoms with van der Waals surface area (Å²) in [7, 11) is 3.02. The van der Waals surface area contributed by atoms with Gasteiger partial charge < -0.3 is 19.5 Å². The second-order valence-electron chi connectivity index (χ2n) is 5.16. The third-order valence-electron chi connectivity index (χ3n) is 3.73. The third-order valence-corrected chi connectivity index (χ3v) is 4.85. The highest BCUT2D eigenvalue weighted by molar-refractivity contribution is 7.99. The lowest BCUT2D eigenvalue weighted by atomic mass is 10.1. The van der Waals surface area contributed by atoms with Crippen molar-refractivity contribution in [1.29, 1.82) is 10.5 Å². The van der Waals surface area contributed by atoms with Gasteiger partial charge in [-0.1, -0.05) is 23.9 Å². The number of ether oxygens (including phenoxy) is 3. The van der Waals surface area contributed by atoms with Gasteiger partial charge >= 0.3 is 0 Å². The van der Waals surface area contributed by atoms with E-state index in [9.17, 15) is 10.5 Å². The zero-order valence-corrected chi connectivity index (χ0v) is 14.5. The van der Waals surface area contributed by atoms with Crippen molar-refractivity contribution in [3.8, 4) is 17.9 Å². The fourth-order valence-electron chi connectivity index (χ4n) is 2.47. The Bertz CT molecular complexity index is 882. The van der Waals surface area contributed by atoms with Gasteiger partial charge in [-0.25, -0.2) is 0 Å². The quantitative estimate of drug-likeness (QED) is 0.701. The molecular formula is C18H15N3O3S. The highest BCUT2D eigenvalue weighted by atomic mass is 32.2. The summed E-state index contributed by atoms with van der Waals surface area (Å²) in [6, 6.07) is 13.7. The number of nitrogens with zero attached hydrogens (tertiary/aromatic N) is 2. The highest BCUT2D eigenvalue weighted by Gasteiger charge is 2.25. The van der Waals surface area contributed by atoms with E-state index in [0.717, 1.165) is 15.5 Å². The van der Waals surface area contributed by atoms with Gasteiger partial charge in [-0.2, -0.15) is 10.5 Å². The van der Waals surface area contributed by atoms with Crippen molar-refractivity contribution in [2.75, 3.05) is 26.1 Å². The molecular weight excluding hydrogens is 338 g/mol. The monoisotopic (exact) mass is 353 g/mol. The molecule has 0 unspecified atom stereocenters. The number of benzene rings is 2. The Kier molecular flexibility index (Phi) is 5.11. The first-order chi connectivity index (χ1) is 12.2. The number of anilines is 2. The van der Waals surface area contributed by atoms with Crippen LogP contribution < -0.4 is 10.1 Å². The fourth-order valence-corrected chi connectivity index (χ4v) is 3.51. The molecule has 0 saturated heterocycles. The molecule has 3 rings (SSSR count). The average Bonchev–Trinajstić information content (AvgIpc) is 2.66. The Morgan fingerprint density at radius 3 is 2.56 bits per heavy atom. The fraction of sp³-hybridized carbons (Fsp3) is 0.222. The van der Waals surface area contributed by atoms with Crippen LogP contribution in [-0.2, 0) is 9.47 Å². The molecule has 25 heavy (non-hydrogen) atoms. The molecule has 0 atom stereocenters. The van der Waals surface area contributed by atoms with Crippen molar-refractivity contribution in [3.05, 3.63) is 41.5 Å². The molecule has 6 nitrogen and oxygen atoms in total. The summed E-state index contributed by atoms with van der Waals surface area (Å²) in [6.07, 6.45) is -0.573. The zero-order chi connectivity index (χ0) is 17.8. The van der Waals surface area contributed by atoms with E-state index >= 15 is 0 Å². The molecule has 2 aromatic rings. The molecule has 0 bridgehead atoms. The lowest BCUT2D eigenvalue weighted by molar-refractivity contribution is -0.121. The number of hydrogen-bond donors (Lipinski definition) is 1. The summed E-state index contributed by atoms with van der Waals surface area (Å²) in [6.45, 7) is 0.0942. The minimum Gasteiger partial charge on any atom is -0.485 e. The first kappa shape index (κ1) is 17.1. The molecule has 1 N–H and O–H groups in total. The number of methoxy groups -OCH3 is 2. The number of hydrogen-bond acceptors (Lipinski definition) is 7. The Morgan fingerprint density at radius 1 is 1.12 bits per heavy atom. The zero-order valence-electron chi connectivity index (χ0n) is 13.7. The summed E-state index contributed by atoms with van der Waals surface area (Å²) in [5.74, 6) is 0.331. The predicted molar refractivity (Wildman–Crippen MR) is 93.0 cm³/mol. The Hall–Kier alpha value is -2.71. The molecule has 0 aromatic heterocycles. The largest absolute Gasteiger partial charge is 0.485 e. The normalized spacial score (nSPS) is 11.7. The van der Waals surface area contributed by atoms with Gasteiger partial charge in [0.15, 0.2) is 12.0 Å². The Balaban J connectivity index is 2.07. The van der Waals surface area contributed by atoms with Crippen LogP contribution >= 0.6 is 11.8 Å². The maximum absolute atomic E-state index is 9.53. The van der Waals surface area contributed by atoms with Crippen LogP contribution in [0.5, 0.6) is 5.75 Å². The van der Waals surface area contributed by atoms with Crippen LogP contribution in [0.4, 0.5) is 11.4 Å². The van der Waals surface area contributed by atoms with E-state index < -0.39 is 6.29 Å². The van der Waals surface area contributed by atoms with Gasteiger partial charge in [-0.15, -0.1) is 0 Å². The maximum atomic E-state index is 9.53.